The Morgan fingerprint density at radius 1 is 1.05 bits per heavy atom. The maximum absolute atomic E-state index is 5.69. The van der Waals surface area contributed by atoms with E-state index in [4.69, 9.17) is 9.47 Å². The fourth-order valence-electron chi connectivity index (χ4n) is 1.74. The van der Waals surface area contributed by atoms with Crippen LogP contribution in [-0.2, 0) is 11.3 Å². The van der Waals surface area contributed by atoms with E-state index in [0.717, 1.165) is 12.2 Å². The summed E-state index contributed by atoms with van der Waals surface area (Å²) in [5.74, 6) is 0.665. The molecule has 0 aromatic carbocycles. The predicted molar refractivity (Wildman–Crippen MR) is 86.8 cm³/mol. The predicted octanol–water partition coefficient (Wildman–Crippen LogP) is 3.47. The first-order valence-electron chi connectivity index (χ1n) is 7.54. The molecule has 1 aromatic rings. The zero-order valence-corrected chi connectivity index (χ0v) is 14.5. The molecule has 0 bridgehead atoms. The molecule has 0 spiro atoms. The van der Waals surface area contributed by atoms with Crippen molar-refractivity contribution in [3.8, 4) is 5.88 Å². The third-order valence-electron chi connectivity index (χ3n) is 2.68. The summed E-state index contributed by atoms with van der Waals surface area (Å²) in [6.45, 7) is 16.4. The number of ether oxygens (including phenoxy) is 2. The standard InChI is InChI=1S/C17H30N2O2/c1-13-10-14(12-18-16(2,3)4)11-15(19-13)20-8-9-21-17(5,6)7/h10-11,18H,8-9,12H2,1-7H3. The zero-order chi connectivity index (χ0) is 16.1. The van der Waals surface area contributed by atoms with Crippen molar-refractivity contribution in [1.82, 2.24) is 10.3 Å². The topological polar surface area (TPSA) is 43.4 Å². The molecule has 0 radical (unpaired) electrons. The number of aryl methyl sites for hydroxylation is 1. The fourth-order valence-corrected chi connectivity index (χ4v) is 1.74. The second-order valence-electron chi connectivity index (χ2n) is 7.37. The minimum atomic E-state index is -0.134. The molecule has 0 unspecified atom stereocenters. The maximum atomic E-state index is 5.69. The van der Waals surface area contributed by atoms with Crippen molar-refractivity contribution in [3.05, 3.63) is 23.4 Å². The molecule has 4 nitrogen and oxygen atoms in total. The number of hydrogen-bond acceptors (Lipinski definition) is 4. The summed E-state index contributed by atoms with van der Waals surface area (Å²) >= 11 is 0. The van der Waals surface area contributed by atoms with Gasteiger partial charge in [0.05, 0.1) is 12.2 Å². The van der Waals surface area contributed by atoms with Gasteiger partial charge >= 0.3 is 0 Å². The van der Waals surface area contributed by atoms with E-state index in [1.165, 1.54) is 5.56 Å². The van der Waals surface area contributed by atoms with Crippen molar-refractivity contribution >= 4 is 0 Å². The van der Waals surface area contributed by atoms with Crippen molar-refractivity contribution < 1.29 is 9.47 Å². The molecule has 0 aliphatic rings. The van der Waals surface area contributed by atoms with Crippen molar-refractivity contribution in [2.45, 2.75) is 66.2 Å². The van der Waals surface area contributed by atoms with Gasteiger partial charge < -0.3 is 14.8 Å². The van der Waals surface area contributed by atoms with E-state index in [0.29, 0.717) is 19.1 Å². The average Bonchev–Trinajstić information content (AvgIpc) is 2.30. The Hall–Kier alpha value is -1.13. The fraction of sp³-hybridized carbons (Fsp3) is 0.706. The van der Waals surface area contributed by atoms with E-state index in [1.807, 2.05) is 33.8 Å². The van der Waals surface area contributed by atoms with Crippen LogP contribution < -0.4 is 10.1 Å². The Morgan fingerprint density at radius 2 is 1.71 bits per heavy atom. The quantitative estimate of drug-likeness (QED) is 0.816. The highest BCUT2D eigenvalue weighted by Gasteiger charge is 2.11. The second kappa shape index (κ2) is 7.23. The molecule has 1 aromatic heterocycles. The lowest BCUT2D eigenvalue weighted by atomic mass is 10.1. The molecule has 1 rings (SSSR count). The van der Waals surface area contributed by atoms with Crippen LogP contribution in [0.1, 0.15) is 52.8 Å². The minimum absolute atomic E-state index is 0.0960. The molecule has 4 heteroatoms. The van der Waals surface area contributed by atoms with E-state index in [-0.39, 0.29) is 11.1 Å². The first kappa shape index (κ1) is 17.9. The number of pyridine rings is 1. The first-order chi connectivity index (χ1) is 9.55. The Kier molecular flexibility index (Phi) is 6.17. The average molecular weight is 294 g/mol. The van der Waals surface area contributed by atoms with Gasteiger partial charge in [0.25, 0.3) is 0 Å². The summed E-state index contributed by atoms with van der Waals surface area (Å²) in [7, 11) is 0. The lowest BCUT2D eigenvalue weighted by molar-refractivity contribution is -0.0168. The Labute approximate surface area is 129 Å². The van der Waals surface area contributed by atoms with Gasteiger partial charge in [-0.25, -0.2) is 4.98 Å². The molecule has 0 aliphatic heterocycles. The Balaban J connectivity index is 2.53. The molecular weight excluding hydrogens is 264 g/mol. The number of aromatic nitrogens is 1. The lowest BCUT2D eigenvalue weighted by Gasteiger charge is -2.21. The SMILES string of the molecule is Cc1cc(CNC(C)(C)C)cc(OCCOC(C)(C)C)n1. The van der Waals surface area contributed by atoms with E-state index >= 15 is 0 Å². The minimum Gasteiger partial charge on any atom is -0.475 e. The zero-order valence-electron chi connectivity index (χ0n) is 14.5. The van der Waals surface area contributed by atoms with Crippen LogP contribution in [0, 0.1) is 6.92 Å². The number of hydrogen-bond donors (Lipinski definition) is 1. The van der Waals surface area contributed by atoms with Gasteiger partial charge in [0.1, 0.15) is 6.61 Å². The largest absolute Gasteiger partial charge is 0.475 e. The lowest BCUT2D eigenvalue weighted by Crippen LogP contribution is -2.35. The third kappa shape index (κ3) is 8.68. The molecule has 0 saturated carbocycles. The van der Waals surface area contributed by atoms with E-state index in [9.17, 15) is 0 Å². The number of nitrogens with zero attached hydrogens (tertiary/aromatic N) is 1. The van der Waals surface area contributed by atoms with Gasteiger partial charge in [-0.15, -0.1) is 0 Å². The van der Waals surface area contributed by atoms with Gasteiger partial charge in [0.2, 0.25) is 5.88 Å². The van der Waals surface area contributed by atoms with Crippen LogP contribution in [-0.4, -0.2) is 29.3 Å². The highest BCUT2D eigenvalue weighted by molar-refractivity contribution is 5.24. The van der Waals surface area contributed by atoms with Gasteiger partial charge in [-0.05, 0) is 60.1 Å². The molecule has 0 atom stereocenters. The molecule has 0 aliphatic carbocycles. The van der Waals surface area contributed by atoms with E-state index in [2.05, 4.69) is 37.1 Å². The Morgan fingerprint density at radius 3 is 2.29 bits per heavy atom. The van der Waals surface area contributed by atoms with Crippen molar-refractivity contribution in [2.75, 3.05) is 13.2 Å². The molecule has 0 fully saturated rings. The van der Waals surface area contributed by atoms with Crippen molar-refractivity contribution in [1.29, 1.82) is 0 Å². The summed E-state index contributed by atoms with van der Waals surface area (Å²) in [6, 6.07) is 4.07. The van der Waals surface area contributed by atoms with Crippen molar-refractivity contribution in [3.63, 3.8) is 0 Å². The van der Waals surface area contributed by atoms with Crippen LogP contribution in [0.15, 0.2) is 12.1 Å². The van der Waals surface area contributed by atoms with Crippen LogP contribution in [0.4, 0.5) is 0 Å². The summed E-state index contributed by atoms with van der Waals surface area (Å²) < 4.78 is 11.3. The third-order valence-corrected chi connectivity index (χ3v) is 2.68. The second-order valence-corrected chi connectivity index (χ2v) is 7.37. The van der Waals surface area contributed by atoms with Gasteiger partial charge in [0, 0.05) is 23.8 Å². The van der Waals surface area contributed by atoms with Gasteiger partial charge in [-0.2, -0.15) is 0 Å². The normalized spacial score (nSPS) is 12.5. The molecule has 1 N–H and O–H groups in total. The van der Waals surface area contributed by atoms with Crippen LogP contribution in [0.3, 0.4) is 0 Å². The molecule has 0 saturated heterocycles. The van der Waals surface area contributed by atoms with Crippen LogP contribution in [0.5, 0.6) is 5.88 Å². The van der Waals surface area contributed by atoms with Crippen LogP contribution in [0.25, 0.3) is 0 Å². The number of rotatable bonds is 6. The smallest absolute Gasteiger partial charge is 0.213 e. The van der Waals surface area contributed by atoms with Crippen molar-refractivity contribution in [2.24, 2.45) is 0 Å². The van der Waals surface area contributed by atoms with Crippen LogP contribution >= 0.6 is 0 Å². The molecule has 120 valence electrons. The summed E-state index contributed by atoms with van der Waals surface area (Å²) in [5, 5.41) is 3.47. The highest BCUT2D eigenvalue weighted by atomic mass is 16.5. The van der Waals surface area contributed by atoms with E-state index in [1.54, 1.807) is 0 Å². The first-order valence-corrected chi connectivity index (χ1v) is 7.54. The Bertz CT molecular complexity index is 445. The van der Waals surface area contributed by atoms with E-state index < -0.39 is 0 Å². The molecular formula is C17H30N2O2. The molecule has 1 heterocycles. The van der Waals surface area contributed by atoms with Crippen LogP contribution in [0.2, 0.25) is 0 Å². The number of nitrogens with one attached hydrogen (secondary N) is 1. The maximum Gasteiger partial charge on any atom is 0.213 e. The summed E-state index contributed by atoms with van der Waals surface area (Å²) in [5.41, 5.74) is 2.11. The summed E-state index contributed by atoms with van der Waals surface area (Å²) in [6.07, 6.45) is 0. The van der Waals surface area contributed by atoms with Gasteiger partial charge in [-0.3, -0.25) is 0 Å². The van der Waals surface area contributed by atoms with Gasteiger partial charge in [0.15, 0.2) is 0 Å². The molecule has 0 amide bonds. The van der Waals surface area contributed by atoms with Gasteiger partial charge in [-0.1, -0.05) is 0 Å². The monoisotopic (exact) mass is 294 g/mol. The summed E-state index contributed by atoms with van der Waals surface area (Å²) in [4.78, 5) is 4.41. The molecule has 21 heavy (non-hydrogen) atoms. The highest BCUT2D eigenvalue weighted by Crippen LogP contribution is 2.14.